The van der Waals surface area contributed by atoms with Gasteiger partial charge in [0.1, 0.15) is 5.82 Å². The summed E-state index contributed by atoms with van der Waals surface area (Å²) in [6.07, 6.45) is 2.50. The van der Waals surface area contributed by atoms with Crippen molar-refractivity contribution in [3.63, 3.8) is 0 Å². The van der Waals surface area contributed by atoms with E-state index < -0.39 is 16.7 Å². The van der Waals surface area contributed by atoms with E-state index in [9.17, 15) is 24.1 Å². The minimum absolute atomic E-state index is 0.0172. The first-order chi connectivity index (χ1) is 14.4. The molecule has 0 saturated heterocycles. The molecular weight excluding hydrogens is 391 g/mol. The maximum Gasteiger partial charge on any atom is 0.270 e. The Morgan fingerprint density at radius 1 is 1.03 bits per heavy atom. The van der Waals surface area contributed by atoms with Crippen LogP contribution >= 0.6 is 0 Å². The van der Waals surface area contributed by atoms with Crippen molar-refractivity contribution in [2.45, 2.75) is 25.8 Å². The molecule has 0 atom stereocenters. The second-order valence-electron chi connectivity index (χ2n) is 7.30. The third-order valence-corrected chi connectivity index (χ3v) is 5.56. The highest BCUT2D eigenvalue weighted by atomic mass is 19.1. The van der Waals surface area contributed by atoms with Crippen molar-refractivity contribution in [2.24, 2.45) is 0 Å². The lowest BCUT2D eigenvalue weighted by atomic mass is 10.1. The highest BCUT2D eigenvalue weighted by Gasteiger charge is 2.38. The first-order valence-corrected chi connectivity index (χ1v) is 9.44. The molecule has 1 aromatic heterocycles. The van der Waals surface area contributed by atoms with Crippen molar-refractivity contribution in [3.05, 3.63) is 86.5 Å². The van der Waals surface area contributed by atoms with Crippen molar-refractivity contribution in [3.8, 4) is 5.69 Å². The number of hydrogen-bond acceptors (Lipinski definition) is 5. The highest BCUT2D eigenvalue weighted by molar-refractivity contribution is 6.21. The fraction of sp³-hybridized carbons (Fsp3) is 0.190. The normalized spacial score (nSPS) is 14.9. The number of nitro benzene ring substituents is 1. The molecule has 9 heteroatoms. The van der Waals surface area contributed by atoms with Crippen molar-refractivity contribution in [1.29, 1.82) is 0 Å². The summed E-state index contributed by atoms with van der Waals surface area (Å²) in [6.45, 7) is -0.0172. The Kier molecular flexibility index (Phi) is 3.99. The molecule has 2 aliphatic rings. The maximum atomic E-state index is 13.3. The molecule has 2 heterocycles. The lowest BCUT2D eigenvalue weighted by Gasteiger charge is -2.12. The van der Waals surface area contributed by atoms with Crippen LogP contribution in [0.2, 0.25) is 0 Å². The van der Waals surface area contributed by atoms with E-state index in [1.807, 2.05) is 0 Å². The molecule has 1 aliphatic carbocycles. The number of nitro groups is 1. The largest absolute Gasteiger partial charge is 0.270 e. The van der Waals surface area contributed by atoms with E-state index in [1.165, 1.54) is 24.3 Å². The van der Waals surface area contributed by atoms with Crippen LogP contribution in [0, 0.1) is 15.9 Å². The number of rotatable bonds is 4. The average molecular weight is 406 g/mol. The number of benzene rings is 2. The van der Waals surface area contributed by atoms with Crippen LogP contribution < -0.4 is 0 Å². The zero-order valence-corrected chi connectivity index (χ0v) is 15.7. The first kappa shape index (κ1) is 18.2. The molecule has 8 nitrogen and oxygen atoms in total. The molecule has 150 valence electrons. The molecule has 2 aromatic carbocycles. The van der Waals surface area contributed by atoms with Crippen LogP contribution in [0.4, 0.5) is 10.1 Å². The third kappa shape index (κ3) is 2.70. The molecule has 0 saturated carbocycles. The number of imide groups is 1. The van der Waals surface area contributed by atoms with Gasteiger partial charge in [0.05, 0.1) is 34.0 Å². The van der Waals surface area contributed by atoms with Crippen molar-refractivity contribution in [2.75, 3.05) is 0 Å². The smallest absolute Gasteiger partial charge is 0.269 e. The van der Waals surface area contributed by atoms with Gasteiger partial charge in [0.2, 0.25) is 0 Å². The Labute approximate surface area is 169 Å². The lowest BCUT2D eigenvalue weighted by molar-refractivity contribution is -0.384. The summed E-state index contributed by atoms with van der Waals surface area (Å²) < 4.78 is 15.0. The monoisotopic (exact) mass is 406 g/mol. The average Bonchev–Trinajstić information content (AvgIpc) is 3.40. The minimum atomic E-state index is -0.599. The fourth-order valence-electron chi connectivity index (χ4n) is 4.12. The summed E-state index contributed by atoms with van der Waals surface area (Å²) in [4.78, 5) is 37.1. The van der Waals surface area contributed by atoms with E-state index in [-0.39, 0.29) is 29.2 Å². The quantitative estimate of drug-likeness (QED) is 0.376. The number of halogens is 1. The van der Waals surface area contributed by atoms with E-state index in [4.69, 9.17) is 0 Å². The number of non-ortho nitro benzene ring substituents is 1. The number of hydrogen-bond donors (Lipinski definition) is 0. The Morgan fingerprint density at radius 3 is 2.50 bits per heavy atom. The topological polar surface area (TPSA) is 98.3 Å². The van der Waals surface area contributed by atoms with E-state index in [0.717, 1.165) is 41.5 Å². The molecule has 2 amide bonds. The summed E-state index contributed by atoms with van der Waals surface area (Å²) in [5, 5.41) is 15.6. The van der Waals surface area contributed by atoms with Gasteiger partial charge < -0.3 is 0 Å². The van der Waals surface area contributed by atoms with Gasteiger partial charge in [0.15, 0.2) is 0 Å². The van der Waals surface area contributed by atoms with Gasteiger partial charge in [-0.15, -0.1) is 0 Å². The van der Waals surface area contributed by atoms with Gasteiger partial charge in [-0.25, -0.2) is 9.07 Å². The number of nitrogens with zero attached hydrogens (tertiary/aromatic N) is 4. The van der Waals surface area contributed by atoms with E-state index in [2.05, 4.69) is 5.10 Å². The molecule has 1 aliphatic heterocycles. The summed E-state index contributed by atoms with van der Waals surface area (Å²) >= 11 is 0. The van der Waals surface area contributed by atoms with Crippen LogP contribution in [-0.2, 0) is 19.4 Å². The first-order valence-electron chi connectivity index (χ1n) is 9.44. The zero-order chi connectivity index (χ0) is 21.0. The standard InChI is InChI=1S/C21H15FN4O4/c22-12-4-6-13(7-5-12)25-19-3-1-2-16(19)18(23-25)11-24-20(27)15-9-8-14(26(29)30)10-17(15)21(24)28/h4-10H,1-3,11H2. The summed E-state index contributed by atoms with van der Waals surface area (Å²) in [7, 11) is 0. The van der Waals surface area contributed by atoms with Gasteiger partial charge in [0.25, 0.3) is 17.5 Å². The molecule has 0 bridgehead atoms. The molecular formula is C21H15FN4O4. The molecule has 0 spiro atoms. The molecule has 5 rings (SSSR count). The highest BCUT2D eigenvalue weighted by Crippen LogP contribution is 2.32. The number of aromatic nitrogens is 2. The Balaban J connectivity index is 1.50. The number of carbonyl (C=O) groups excluding carboxylic acids is 2. The Bertz CT molecular complexity index is 1230. The van der Waals surface area contributed by atoms with Crippen LogP contribution in [0.25, 0.3) is 5.69 Å². The van der Waals surface area contributed by atoms with E-state index in [1.54, 1.807) is 16.8 Å². The molecule has 0 N–H and O–H groups in total. The van der Waals surface area contributed by atoms with Crippen LogP contribution in [0.5, 0.6) is 0 Å². The van der Waals surface area contributed by atoms with Crippen molar-refractivity contribution in [1.82, 2.24) is 14.7 Å². The summed E-state index contributed by atoms with van der Waals surface area (Å²) in [5.74, 6) is -1.40. The molecule has 0 unspecified atom stereocenters. The van der Waals surface area contributed by atoms with E-state index >= 15 is 0 Å². The van der Waals surface area contributed by atoms with Crippen LogP contribution in [-0.4, -0.2) is 31.4 Å². The number of carbonyl (C=O) groups is 2. The molecule has 3 aromatic rings. The second kappa shape index (κ2) is 6.58. The van der Waals surface area contributed by atoms with Gasteiger partial charge in [-0.3, -0.25) is 24.6 Å². The molecule has 0 fully saturated rings. The van der Waals surface area contributed by atoms with Gasteiger partial charge >= 0.3 is 0 Å². The zero-order valence-electron chi connectivity index (χ0n) is 15.7. The lowest BCUT2D eigenvalue weighted by Crippen LogP contribution is -2.29. The van der Waals surface area contributed by atoms with Gasteiger partial charge in [-0.2, -0.15) is 5.10 Å². The fourth-order valence-corrected chi connectivity index (χ4v) is 4.12. The number of fused-ring (bicyclic) bond motifs is 2. The van der Waals surface area contributed by atoms with Crippen LogP contribution in [0.15, 0.2) is 42.5 Å². The predicted octanol–water partition coefficient (Wildman–Crippen LogP) is 3.20. The van der Waals surface area contributed by atoms with Crippen molar-refractivity contribution < 1.29 is 18.9 Å². The van der Waals surface area contributed by atoms with E-state index in [0.29, 0.717) is 11.4 Å². The third-order valence-electron chi connectivity index (χ3n) is 5.56. The van der Waals surface area contributed by atoms with Crippen LogP contribution in [0.1, 0.15) is 44.1 Å². The van der Waals surface area contributed by atoms with Crippen molar-refractivity contribution >= 4 is 17.5 Å². The Hall–Kier alpha value is -3.88. The van der Waals surface area contributed by atoms with Crippen LogP contribution in [0.3, 0.4) is 0 Å². The molecule has 0 radical (unpaired) electrons. The van der Waals surface area contributed by atoms with Gasteiger partial charge in [-0.1, -0.05) is 0 Å². The SMILES string of the molecule is O=C1c2ccc([N+](=O)[O-])cc2C(=O)N1Cc1nn(-c2ccc(F)cc2)c2c1CCC2. The minimum Gasteiger partial charge on any atom is -0.269 e. The second-order valence-corrected chi connectivity index (χ2v) is 7.30. The Morgan fingerprint density at radius 2 is 1.77 bits per heavy atom. The van der Waals surface area contributed by atoms with Gasteiger partial charge in [0, 0.05) is 17.8 Å². The predicted molar refractivity (Wildman–Crippen MR) is 103 cm³/mol. The summed E-state index contributed by atoms with van der Waals surface area (Å²) in [6, 6.07) is 9.64. The van der Waals surface area contributed by atoms with Gasteiger partial charge in [-0.05, 0) is 55.2 Å². The summed E-state index contributed by atoms with van der Waals surface area (Å²) in [5.41, 5.74) is 3.24. The molecule has 30 heavy (non-hydrogen) atoms. The maximum absolute atomic E-state index is 13.3. The number of amides is 2.